The van der Waals surface area contributed by atoms with Gasteiger partial charge in [0.15, 0.2) is 0 Å². The zero-order valence-electron chi connectivity index (χ0n) is 17.7. The lowest BCUT2D eigenvalue weighted by atomic mass is 9.62. The number of nitrogens with zero attached hydrogens (tertiary/aromatic N) is 5. The molecule has 1 aliphatic carbocycles. The van der Waals surface area contributed by atoms with Crippen molar-refractivity contribution in [1.82, 2.24) is 19.8 Å². The summed E-state index contributed by atoms with van der Waals surface area (Å²) in [6.45, 7) is 13.9. The van der Waals surface area contributed by atoms with Gasteiger partial charge in [-0.1, -0.05) is 20.8 Å². The molecule has 6 nitrogen and oxygen atoms in total. The van der Waals surface area contributed by atoms with Crippen LogP contribution in [0.2, 0.25) is 0 Å². The van der Waals surface area contributed by atoms with Crippen molar-refractivity contribution in [2.45, 2.75) is 46.5 Å². The van der Waals surface area contributed by atoms with Gasteiger partial charge in [0.2, 0.25) is 11.9 Å². The number of piperazine rings is 1. The molecule has 1 unspecified atom stereocenters. The highest BCUT2D eigenvalue weighted by atomic mass is 16.2. The van der Waals surface area contributed by atoms with Gasteiger partial charge in [-0.25, -0.2) is 9.97 Å². The molecule has 1 saturated carbocycles. The number of rotatable bonds is 6. The molecule has 2 bridgehead atoms. The average Bonchev–Trinajstić information content (AvgIpc) is 2.85. The van der Waals surface area contributed by atoms with E-state index in [4.69, 9.17) is 0 Å². The van der Waals surface area contributed by atoms with E-state index in [0.717, 1.165) is 71.0 Å². The van der Waals surface area contributed by atoms with Crippen molar-refractivity contribution in [3.05, 3.63) is 18.5 Å². The summed E-state index contributed by atoms with van der Waals surface area (Å²) >= 11 is 0. The van der Waals surface area contributed by atoms with E-state index in [2.05, 4.69) is 45.4 Å². The molecule has 3 heterocycles. The molecule has 2 aliphatic heterocycles. The normalized spacial score (nSPS) is 30.1. The number of carbonyl (C=O) groups excluding carboxylic acids is 1. The molecule has 0 spiro atoms. The second-order valence-electron chi connectivity index (χ2n) is 9.63. The fourth-order valence-electron chi connectivity index (χ4n) is 5.45. The van der Waals surface area contributed by atoms with Crippen molar-refractivity contribution in [2.75, 3.05) is 50.7 Å². The van der Waals surface area contributed by atoms with Crippen molar-refractivity contribution in [3.63, 3.8) is 0 Å². The van der Waals surface area contributed by atoms with Gasteiger partial charge in [0, 0.05) is 51.7 Å². The third-order valence-corrected chi connectivity index (χ3v) is 8.00. The minimum Gasteiger partial charge on any atom is -0.342 e. The molecule has 0 N–H and O–H groups in total. The fraction of sp³-hybridized carbons (Fsp3) is 0.773. The van der Waals surface area contributed by atoms with Crippen molar-refractivity contribution >= 4 is 11.9 Å². The number of carbonyl (C=O) groups is 1. The van der Waals surface area contributed by atoms with Gasteiger partial charge in [-0.05, 0) is 49.6 Å². The summed E-state index contributed by atoms with van der Waals surface area (Å²) in [5.74, 6) is 1.92. The van der Waals surface area contributed by atoms with E-state index in [-0.39, 0.29) is 10.8 Å². The van der Waals surface area contributed by atoms with Gasteiger partial charge in [-0.15, -0.1) is 0 Å². The van der Waals surface area contributed by atoms with E-state index >= 15 is 0 Å². The predicted octanol–water partition coefficient (Wildman–Crippen LogP) is 2.66. The average molecular weight is 386 g/mol. The maximum atomic E-state index is 13.1. The summed E-state index contributed by atoms with van der Waals surface area (Å²) in [6.07, 6.45) is 8.17. The molecule has 3 fully saturated rings. The number of unbranched alkanes of at least 4 members (excludes halogenated alkanes) is 1. The molecule has 2 atom stereocenters. The van der Waals surface area contributed by atoms with Crippen LogP contribution in [0.25, 0.3) is 0 Å². The Balaban J connectivity index is 1.19. The van der Waals surface area contributed by atoms with Gasteiger partial charge < -0.3 is 9.80 Å². The fourth-order valence-corrected chi connectivity index (χ4v) is 5.45. The monoisotopic (exact) mass is 385 g/mol. The summed E-state index contributed by atoms with van der Waals surface area (Å²) in [4.78, 5) is 28.8. The summed E-state index contributed by atoms with van der Waals surface area (Å²) in [5, 5.41) is 0. The zero-order valence-corrected chi connectivity index (χ0v) is 17.7. The largest absolute Gasteiger partial charge is 0.342 e. The van der Waals surface area contributed by atoms with E-state index in [1.165, 1.54) is 6.42 Å². The first kappa shape index (κ1) is 19.6. The first-order chi connectivity index (χ1) is 13.4. The second-order valence-corrected chi connectivity index (χ2v) is 9.63. The molecule has 154 valence electrons. The van der Waals surface area contributed by atoms with Crippen molar-refractivity contribution in [1.29, 1.82) is 0 Å². The maximum Gasteiger partial charge on any atom is 0.229 e. The molecule has 1 aromatic rings. The first-order valence-electron chi connectivity index (χ1n) is 11.0. The van der Waals surface area contributed by atoms with Gasteiger partial charge >= 0.3 is 0 Å². The van der Waals surface area contributed by atoms with Gasteiger partial charge in [-0.2, -0.15) is 0 Å². The zero-order chi connectivity index (χ0) is 19.8. The topological polar surface area (TPSA) is 52.6 Å². The van der Waals surface area contributed by atoms with Crippen LogP contribution < -0.4 is 4.90 Å². The minimum atomic E-state index is -0.147. The van der Waals surface area contributed by atoms with E-state index in [9.17, 15) is 4.79 Å². The van der Waals surface area contributed by atoms with Crippen molar-refractivity contribution < 1.29 is 4.79 Å². The minimum absolute atomic E-state index is 0.147. The molecule has 0 aromatic carbocycles. The molecule has 3 aliphatic rings. The summed E-state index contributed by atoms with van der Waals surface area (Å²) in [5.41, 5.74) is 0.00841. The molecular weight excluding hydrogens is 350 g/mol. The van der Waals surface area contributed by atoms with Gasteiger partial charge in [0.1, 0.15) is 0 Å². The molecule has 0 radical (unpaired) electrons. The highest BCUT2D eigenvalue weighted by Gasteiger charge is 2.60. The summed E-state index contributed by atoms with van der Waals surface area (Å²) < 4.78 is 0. The number of piperidine rings is 1. The van der Waals surface area contributed by atoms with Crippen LogP contribution in [-0.4, -0.2) is 71.5 Å². The molecule has 1 aromatic heterocycles. The number of fused-ring (bicyclic) bond motifs is 2. The highest BCUT2D eigenvalue weighted by Crippen LogP contribution is 2.59. The molecule has 4 rings (SSSR count). The number of aromatic nitrogens is 2. The number of likely N-dealkylation sites (tertiary alicyclic amines) is 1. The smallest absolute Gasteiger partial charge is 0.229 e. The SMILES string of the molecule is CC1(C)C2CC[C@]1(C)C(=O)N(CCCCN1CCN(c3ncccn3)CC1)C2. The lowest BCUT2D eigenvalue weighted by Gasteiger charge is -2.49. The second kappa shape index (κ2) is 7.62. The number of hydrogen-bond acceptors (Lipinski definition) is 5. The van der Waals surface area contributed by atoms with E-state index in [1.54, 1.807) is 0 Å². The first-order valence-corrected chi connectivity index (χ1v) is 11.0. The van der Waals surface area contributed by atoms with Crippen molar-refractivity contribution in [2.24, 2.45) is 16.7 Å². The lowest BCUT2D eigenvalue weighted by molar-refractivity contribution is -0.155. The Morgan fingerprint density at radius 3 is 2.43 bits per heavy atom. The lowest BCUT2D eigenvalue weighted by Crippen LogP contribution is -2.56. The molecule has 28 heavy (non-hydrogen) atoms. The highest BCUT2D eigenvalue weighted by molar-refractivity contribution is 5.85. The Labute approximate surface area is 169 Å². The Kier molecular flexibility index (Phi) is 5.34. The Morgan fingerprint density at radius 2 is 1.71 bits per heavy atom. The molecule has 6 heteroatoms. The van der Waals surface area contributed by atoms with Crippen LogP contribution in [0.15, 0.2) is 18.5 Å². The molecule has 2 saturated heterocycles. The van der Waals surface area contributed by atoms with Crippen LogP contribution in [0.5, 0.6) is 0 Å². The Morgan fingerprint density at radius 1 is 1.04 bits per heavy atom. The quantitative estimate of drug-likeness (QED) is 0.705. The van der Waals surface area contributed by atoms with Crippen LogP contribution >= 0.6 is 0 Å². The number of anilines is 1. The Bertz CT molecular complexity index is 685. The summed E-state index contributed by atoms with van der Waals surface area (Å²) in [6, 6.07) is 1.86. The van der Waals surface area contributed by atoms with Crippen LogP contribution in [0, 0.1) is 16.7 Å². The molecule has 1 amide bonds. The number of amides is 1. The van der Waals surface area contributed by atoms with Crippen LogP contribution in [0.1, 0.15) is 46.5 Å². The van der Waals surface area contributed by atoms with E-state index in [0.29, 0.717) is 11.8 Å². The van der Waals surface area contributed by atoms with Gasteiger partial charge in [0.05, 0.1) is 5.41 Å². The third kappa shape index (κ3) is 3.40. The predicted molar refractivity (Wildman–Crippen MR) is 111 cm³/mol. The van der Waals surface area contributed by atoms with Crippen LogP contribution in [0.4, 0.5) is 5.95 Å². The van der Waals surface area contributed by atoms with Crippen LogP contribution in [0.3, 0.4) is 0 Å². The summed E-state index contributed by atoms with van der Waals surface area (Å²) in [7, 11) is 0. The third-order valence-electron chi connectivity index (χ3n) is 8.00. The Hall–Kier alpha value is -1.69. The van der Waals surface area contributed by atoms with E-state index < -0.39 is 0 Å². The number of hydrogen-bond donors (Lipinski definition) is 0. The molecular formula is C22H35N5O. The van der Waals surface area contributed by atoms with E-state index in [1.807, 2.05) is 18.5 Å². The van der Waals surface area contributed by atoms with Crippen LogP contribution in [-0.2, 0) is 4.79 Å². The maximum absolute atomic E-state index is 13.1. The van der Waals surface area contributed by atoms with Gasteiger partial charge in [0.25, 0.3) is 0 Å². The van der Waals surface area contributed by atoms with Crippen molar-refractivity contribution in [3.8, 4) is 0 Å². The van der Waals surface area contributed by atoms with Gasteiger partial charge in [-0.3, -0.25) is 9.69 Å². The standard InChI is InChI=1S/C22H35N5O/c1-21(2)18-7-8-22(21,3)19(28)27(17-18)12-5-4-11-25-13-15-26(16-14-25)20-23-9-6-10-24-20/h6,9-10,18H,4-5,7-8,11-17H2,1-3H3/t18?,22-/m1/s1.